The molecule has 0 fully saturated rings. The van der Waals surface area contributed by atoms with Crippen LogP contribution in [0.5, 0.6) is 0 Å². The van der Waals surface area contributed by atoms with Crippen molar-refractivity contribution >= 4 is 11.6 Å². The Morgan fingerprint density at radius 2 is 1.75 bits per heavy atom. The van der Waals surface area contributed by atoms with Gasteiger partial charge >= 0.3 is 0 Å². The van der Waals surface area contributed by atoms with Crippen LogP contribution in [0.25, 0.3) is 0 Å². The molecule has 2 N–H and O–H groups in total. The Morgan fingerprint density at radius 1 is 1.15 bits per heavy atom. The summed E-state index contributed by atoms with van der Waals surface area (Å²) >= 11 is 0. The van der Waals surface area contributed by atoms with Crippen molar-refractivity contribution in [3.05, 3.63) is 53.5 Å². The molecule has 4 heteroatoms. The van der Waals surface area contributed by atoms with Crippen LogP contribution >= 0.6 is 0 Å². The van der Waals surface area contributed by atoms with Gasteiger partial charge in [0.2, 0.25) is 0 Å². The summed E-state index contributed by atoms with van der Waals surface area (Å²) in [6.45, 7) is 5.84. The van der Waals surface area contributed by atoms with Crippen LogP contribution in [-0.2, 0) is 4.79 Å². The second-order valence-corrected chi connectivity index (χ2v) is 5.23. The highest BCUT2D eigenvalue weighted by Gasteiger charge is 2.22. The lowest BCUT2D eigenvalue weighted by Gasteiger charge is -2.16. The minimum Gasteiger partial charge on any atom is -0.383 e. The fourth-order valence-electron chi connectivity index (χ4n) is 2.28. The first-order chi connectivity index (χ1) is 9.50. The van der Waals surface area contributed by atoms with E-state index >= 15 is 0 Å². The third-order valence-corrected chi connectivity index (χ3v) is 3.43. The molecular formula is C16H19N3O. The van der Waals surface area contributed by atoms with E-state index in [1.54, 1.807) is 13.1 Å². The number of nitrogen functional groups attached to an aromatic ring is 1. The molecule has 0 saturated heterocycles. The van der Waals surface area contributed by atoms with Gasteiger partial charge in [-0.3, -0.25) is 4.79 Å². The first kappa shape index (κ1) is 14.2. The van der Waals surface area contributed by atoms with Crippen molar-refractivity contribution < 1.29 is 4.79 Å². The molecule has 0 aliphatic heterocycles. The van der Waals surface area contributed by atoms with Crippen molar-refractivity contribution in [3.8, 4) is 0 Å². The number of anilines is 1. The summed E-state index contributed by atoms with van der Waals surface area (Å²) in [5.74, 6) is 0.444. The predicted octanol–water partition coefficient (Wildman–Crippen LogP) is 2.90. The summed E-state index contributed by atoms with van der Waals surface area (Å²) in [5.41, 5.74) is 8.70. The number of benzene rings is 1. The van der Waals surface area contributed by atoms with Gasteiger partial charge in [-0.05, 0) is 24.0 Å². The Balaban J connectivity index is 2.44. The molecule has 0 spiro atoms. The number of carbonyl (C=O) groups is 1. The van der Waals surface area contributed by atoms with E-state index in [9.17, 15) is 4.79 Å². The SMILES string of the molecule is CC(=O)C(c1ccc(C(C)C)cc1)c1cncnc1N. The molecule has 1 heterocycles. The zero-order valence-electron chi connectivity index (χ0n) is 12.0. The van der Waals surface area contributed by atoms with Crippen LogP contribution in [0.1, 0.15) is 49.3 Å². The van der Waals surface area contributed by atoms with Crippen LogP contribution in [0.2, 0.25) is 0 Å². The molecule has 2 aromatic rings. The minimum atomic E-state index is -0.405. The van der Waals surface area contributed by atoms with Crippen molar-refractivity contribution in [2.75, 3.05) is 5.73 Å². The standard InChI is InChI=1S/C16H19N3O/c1-10(2)12-4-6-13(7-5-12)15(11(3)20)14-8-18-9-19-16(14)17/h4-10,15H,1-3H3,(H2,17,18,19). The van der Waals surface area contributed by atoms with Gasteiger partial charge in [-0.2, -0.15) is 0 Å². The number of carbonyl (C=O) groups excluding carboxylic acids is 1. The van der Waals surface area contributed by atoms with Crippen LogP contribution < -0.4 is 5.73 Å². The van der Waals surface area contributed by atoms with Crippen LogP contribution in [0, 0.1) is 0 Å². The molecule has 0 saturated carbocycles. The Hall–Kier alpha value is -2.23. The van der Waals surface area contributed by atoms with E-state index in [2.05, 4.69) is 35.9 Å². The summed E-state index contributed by atoms with van der Waals surface area (Å²) < 4.78 is 0. The maximum Gasteiger partial charge on any atom is 0.141 e. The molecule has 1 atom stereocenters. The van der Waals surface area contributed by atoms with E-state index in [1.165, 1.54) is 11.9 Å². The summed E-state index contributed by atoms with van der Waals surface area (Å²) in [4.78, 5) is 19.9. The van der Waals surface area contributed by atoms with E-state index < -0.39 is 5.92 Å². The molecule has 0 aliphatic carbocycles. The van der Waals surface area contributed by atoms with Crippen LogP contribution in [-0.4, -0.2) is 15.8 Å². The Bertz CT molecular complexity index is 605. The zero-order valence-corrected chi connectivity index (χ0v) is 12.0. The second-order valence-electron chi connectivity index (χ2n) is 5.23. The normalized spacial score (nSPS) is 12.4. The van der Waals surface area contributed by atoms with E-state index in [-0.39, 0.29) is 5.78 Å². The van der Waals surface area contributed by atoms with Crippen molar-refractivity contribution in [1.29, 1.82) is 0 Å². The molecule has 0 radical (unpaired) electrons. The van der Waals surface area contributed by atoms with Crippen LogP contribution in [0.4, 0.5) is 5.82 Å². The quantitative estimate of drug-likeness (QED) is 0.926. The number of nitrogens with two attached hydrogens (primary N) is 1. The highest BCUT2D eigenvalue weighted by Crippen LogP contribution is 2.29. The molecule has 0 amide bonds. The molecule has 20 heavy (non-hydrogen) atoms. The summed E-state index contributed by atoms with van der Waals surface area (Å²) in [5, 5.41) is 0. The predicted molar refractivity (Wildman–Crippen MR) is 79.5 cm³/mol. The largest absolute Gasteiger partial charge is 0.383 e. The van der Waals surface area contributed by atoms with Crippen molar-refractivity contribution in [3.63, 3.8) is 0 Å². The van der Waals surface area contributed by atoms with E-state index in [0.29, 0.717) is 17.3 Å². The second kappa shape index (κ2) is 5.82. The third kappa shape index (κ3) is 2.85. The van der Waals surface area contributed by atoms with E-state index in [0.717, 1.165) is 5.56 Å². The molecular weight excluding hydrogens is 250 g/mol. The number of ketones is 1. The summed E-state index contributed by atoms with van der Waals surface area (Å²) in [6, 6.07) is 8.06. The Labute approximate surface area is 119 Å². The smallest absolute Gasteiger partial charge is 0.141 e. The topological polar surface area (TPSA) is 68.9 Å². The minimum absolute atomic E-state index is 0.0313. The number of hydrogen-bond acceptors (Lipinski definition) is 4. The number of rotatable bonds is 4. The highest BCUT2D eigenvalue weighted by atomic mass is 16.1. The fraction of sp³-hybridized carbons (Fsp3) is 0.312. The van der Waals surface area contributed by atoms with Crippen LogP contribution in [0.15, 0.2) is 36.8 Å². The molecule has 0 bridgehead atoms. The third-order valence-electron chi connectivity index (χ3n) is 3.43. The molecule has 0 aliphatic rings. The van der Waals surface area contributed by atoms with E-state index in [4.69, 9.17) is 5.73 Å². The van der Waals surface area contributed by atoms with E-state index in [1.807, 2.05) is 12.1 Å². The molecule has 2 rings (SSSR count). The van der Waals surface area contributed by atoms with Gasteiger partial charge in [-0.1, -0.05) is 38.1 Å². The molecule has 1 aromatic carbocycles. The number of aromatic nitrogens is 2. The average molecular weight is 269 g/mol. The van der Waals surface area contributed by atoms with Crippen molar-refractivity contribution in [1.82, 2.24) is 9.97 Å². The lowest BCUT2D eigenvalue weighted by atomic mass is 9.88. The monoisotopic (exact) mass is 269 g/mol. The molecule has 104 valence electrons. The van der Waals surface area contributed by atoms with Gasteiger partial charge in [0.05, 0.1) is 5.92 Å². The highest BCUT2D eigenvalue weighted by molar-refractivity contribution is 5.88. The van der Waals surface area contributed by atoms with Gasteiger partial charge in [0.1, 0.15) is 17.9 Å². The van der Waals surface area contributed by atoms with Gasteiger partial charge < -0.3 is 5.73 Å². The lowest BCUT2D eigenvalue weighted by Crippen LogP contribution is -2.14. The van der Waals surface area contributed by atoms with Gasteiger partial charge in [0.25, 0.3) is 0 Å². The number of nitrogens with zero attached hydrogens (tertiary/aromatic N) is 2. The molecule has 4 nitrogen and oxygen atoms in total. The van der Waals surface area contributed by atoms with Gasteiger partial charge in [-0.15, -0.1) is 0 Å². The number of Topliss-reactive ketones (excluding diaryl/α,β-unsaturated/α-hetero) is 1. The Kier molecular flexibility index (Phi) is 4.13. The first-order valence-electron chi connectivity index (χ1n) is 6.66. The maximum atomic E-state index is 12.0. The lowest BCUT2D eigenvalue weighted by molar-refractivity contribution is -0.117. The first-order valence-corrected chi connectivity index (χ1v) is 6.66. The van der Waals surface area contributed by atoms with Gasteiger partial charge in [0.15, 0.2) is 0 Å². The Morgan fingerprint density at radius 3 is 2.25 bits per heavy atom. The maximum absolute atomic E-state index is 12.0. The average Bonchev–Trinajstić information content (AvgIpc) is 2.41. The molecule has 1 unspecified atom stereocenters. The van der Waals surface area contributed by atoms with Gasteiger partial charge in [-0.25, -0.2) is 9.97 Å². The van der Waals surface area contributed by atoms with Crippen molar-refractivity contribution in [2.45, 2.75) is 32.6 Å². The van der Waals surface area contributed by atoms with Crippen molar-refractivity contribution in [2.24, 2.45) is 0 Å². The summed E-state index contributed by atoms with van der Waals surface area (Å²) in [7, 11) is 0. The fourth-order valence-corrected chi connectivity index (χ4v) is 2.28. The zero-order chi connectivity index (χ0) is 14.7. The van der Waals surface area contributed by atoms with Crippen LogP contribution in [0.3, 0.4) is 0 Å². The van der Waals surface area contributed by atoms with Gasteiger partial charge in [0, 0.05) is 11.8 Å². The molecule has 1 aromatic heterocycles. The summed E-state index contributed by atoms with van der Waals surface area (Å²) in [6.07, 6.45) is 3.00. The number of hydrogen-bond donors (Lipinski definition) is 1.